The molecule has 4 rings (SSSR count). The summed E-state index contributed by atoms with van der Waals surface area (Å²) in [4.78, 5) is 32.4. The Balaban J connectivity index is 1.22. The summed E-state index contributed by atoms with van der Waals surface area (Å²) in [5.41, 5.74) is 1.55. The van der Waals surface area contributed by atoms with Crippen LogP contribution in [0.4, 0.5) is 0 Å². The smallest absolute Gasteiger partial charge is 0.306 e. The van der Waals surface area contributed by atoms with Crippen molar-refractivity contribution in [3.05, 3.63) is 45.9 Å². The molecule has 9 heteroatoms. The lowest BCUT2D eigenvalue weighted by Crippen LogP contribution is -2.58. The average Bonchev–Trinajstić information content (AvgIpc) is 3.33. The van der Waals surface area contributed by atoms with Gasteiger partial charge in [0.25, 0.3) is 5.91 Å². The minimum atomic E-state index is -0.858. The zero-order chi connectivity index (χ0) is 24.0. The number of aliphatic carboxylic acids is 1. The highest BCUT2D eigenvalue weighted by atomic mass is 32.1. The zero-order valence-corrected chi connectivity index (χ0v) is 20.5. The van der Waals surface area contributed by atoms with Crippen LogP contribution in [-0.2, 0) is 22.4 Å². The fourth-order valence-electron chi connectivity index (χ4n) is 4.53. The van der Waals surface area contributed by atoms with E-state index >= 15 is 0 Å². The lowest BCUT2D eigenvalue weighted by atomic mass is 9.89. The highest BCUT2D eigenvalue weighted by molar-refractivity contribution is 7.09. The normalized spacial score (nSPS) is 18.2. The van der Waals surface area contributed by atoms with E-state index in [9.17, 15) is 9.59 Å². The number of benzene rings is 1. The quantitative estimate of drug-likeness (QED) is 0.581. The van der Waals surface area contributed by atoms with Gasteiger partial charge in [-0.1, -0.05) is 19.1 Å². The van der Waals surface area contributed by atoms with Crippen molar-refractivity contribution in [3.63, 3.8) is 0 Å². The fraction of sp³-hybridized carbons (Fsp3) is 0.560. The predicted octanol–water partition coefficient (Wildman–Crippen LogP) is 3.11. The summed E-state index contributed by atoms with van der Waals surface area (Å²) in [5.74, 6) is -0.138. The molecule has 0 bridgehead atoms. The maximum atomic E-state index is 13.0. The highest BCUT2D eigenvalue weighted by Gasteiger charge is 2.41. The van der Waals surface area contributed by atoms with Crippen LogP contribution in [0.25, 0.3) is 0 Å². The number of rotatable bonds is 9. The maximum absolute atomic E-state index is 13.0. The number of carboxylic acids is 1. The topological polar surface area (TPSA) is 92.2 Å². The SMILES string of the molecule is CCc1nc(C(=O)N2CCOC3(CCN(CCc4ccc(OCCC(=O)O)cc4)CC3)C2)cs1. The van der Waals surface area contributed by atoms with Crippen LogP contribution < -0.4 is 4.74 Å². The molecule has 2 aliphatic heterocycles. The van der Waals surface area contributed by atoms with Gasteiger partial charge in [0.05, 0.1) is 36.8 Å². The molecule has 0 aliphatic carbocycles. The third-order valence-corrected chi connectivity index (χ3v) is 7.59. The van der Waals surface area contributed by atoms with E-state index in [4.69, 9.17) is 14.6 Å². The molecule has 0 unspecified atom stereocenters. The first-order valence-corrected chi connectivity index (χ1v) is 12.9. The monoisotopic (exact) mass is 487 g/mol. The molecule has 8 nitrogen and oxygen atoms in total. The number of ether oxygens (including phenoxy) is 2. The van der Waals surface area contributed by atoms with E-state index < -0.39 is 5.97 Å². The maximum Gasteiger partial charge on any atom is 0.306 e. The lowest BCUT2D eigenvalue weighted by Gasteiger charge is -2.47. The molecule has 0 radical (unpaired) electrons. The number of aryl methyl sites for hydroxylation is 1. The van der Waals surface area contributed by atoms with Gasteiger partial charge in [0.2, 0.25) is 0 Å². The van der Waals surface area contributed by atoms with Crippen LogP contribution in [0.2, 0.25) is 0 Å². The van der Waals surface area contributed by atoms with Gasteiger partial charge in [0.1, 0.15) is 11.4 Å². The average molecular weight is 488 g/mol. The molecule has 1 N–H and O–H groups in total. The molecular weight excluding hydrogens is 454 g/mol. The minimum Gasteiger partial charge on any atom is -0.493 e. The molecular formula is C25H33N3O5S. The number of hydrogen-bond donors (Lipinski definition) is 1. The third-order valence-electron chi connectivity index (χ3n) is 6.60. The first-order chi connectivity index (χ1) is 16.5. The van der Waals surface area contributed by atoms with Crippen molar-refractivity contribution in [2.24, 2.45) is 0 Å². The number of morpholine rings is 1. The molecule has 1 aromatic carbocycles. The van der Waals surface area contributed by atoms with Crippen molar-refractivity contribution < 1.29 is 24.2 Å². The van der Waals surface area contributed by atoms with Crippen LogP contribution in [0.5, 0.6) is 5.75 Å². The van der Waals surface area contributed by atoms with E-state index in [1.54, 1.807) is 11.3 Å². The molecule has 2 aliphatic rings. The van der Waals surface area contributed by atoms with E-state index in [1.165, 1.54) is 5.56 Å². The number of nitrogens with zero attached hydrogens (tertiary/aromatic N) is 3. The minimum absolute atomic E-state index is 0.00149. The summed E-state index contributed by atoms with van der Waals surface area (Å²) in [6.45, 7) is 6.96. The summed E-state index contributed by atoms with van der Waals surface area (Å²) in [5, 5.41) is 11.6. The molecule has 2 fully saturated rings. The van der Waals surface area contributed by atoms with Gasteiger partial charge in [-0.15, -0.1) is 11.3 Å². The van der Waals surface area contributed by atoms with Gasteiger partial charge >= 0.3 is 5.97 Å². The number of carbonyl (C=O) groups is 2. The largest absolute Gasteiger partial charge is 0.493 e. The van der Waals surface area contributed by atoms with Gasteiger partial charge in [-0.25, -0.2) is 4.98 Å². The first kappa shape index (κ1) is 24.6. The van der Waals surface area contributed by atoms with Crippen LogP contribution >= 0.6 is 11.3 Å². The van der Waals surface area contributed by atoms with Crippen molar-refractivity contribution in [2.75, 3.05) is 45.9 Å². The Bertz CT molecular complexity index is 969. The fourth-order valence-corrected chi connectivity index (χ4v) is 5.25. The Hall–Kier alpha value is -2.49. The molecule has 2 saturated heterocycles. The molecule has 0 saturated carbocycles. The van der Waals surface area contributed by atoms with Crippen molar-refractivity contribution in [2.45, 2.75) is 44.6 Å². The van der Waals surface area contributed by atoms with Crippen molar-refractivity contribution in [3.8, 4) is 5.75 Å². The summed E-state index contributed by atoms with van der Waals surface area (Å²) in [6, 6.07) is 7.88. The van der Waals surface area contributed by atoms with Crippen molar-refractivity contribution >= 4 is 23.2 Å². The number of piperidine rings is 1. The number of thiazole rings is 1. The van der Waals surface area contributed by atoms with E-state index in [-0.39, 0.29) is 24.5 Å². The van der Waals surface area contributed by atoms with Crippen LogP contribution in [0.1, 0.15) is 47.2 Å². The Morgan fingerprint density at radius 1 is 1.21 bits per heavy atom. The molecule has 0 atom stereocenters. The summed E-state index contributed by atoms with van der Waals surface area (Å²) in [6.07, 6.45) is 3.64. The molecule has 2 aromatic rings. The molecule has 1 amide bonds. The second-order valence-electron chi connectivity index (χ2n) is 8.97. The summed E-state index contributed by atoms with van der Waals surface area (Å²) < 4.78 is 11.7. The number of carbonyl (C=O) groups excluding carboxylic acids is 1. The van der Waals surface area contributed by atoms with Crippen LogP contribution in [0.15, 0.2) is 29.6 Å². The highest BCUT2D eigenvalue weighted by Crippen LogP contribution is 2.31. The van der Waals surface area contributed by atoms with Crippen LogP contribution in [0.3, 0.4) is 0 Å². The Morgan fingerprint density at radius 3 is 2.65 bits per heavy atom. The third kappa shape index (κ3) is 6.34. The molecule has 1 spiro atoms. The van der Waals surface area contributed by atoms with Crippen molar-refractivity contribution in [1.29, 1.82) is 0 Å². The van der Waals surface area contributed by atoms with Gasteiger partial charge in [-0.2, -0.15) is 0 Å². The van der Waals surface area contributed by atoms with Gasteiger partial charge in [0.15, 0.2) is 0 Å². The van der Waals surface area contributed by atoms with Gasteiger partial charge < -0.3 is 24.4 Å². The molecule has 1 aromatic heterocycles. The van der Waals surface area contributed by atoms with E-state index in [1.807, 2.05) is 34.5 Å². The Morgan fingerprint density at radius 2 is 1.97 bits per heavy atom. The van der Waals surface area contributed by atoms with Crippen LogP contribution in [0, 0.1) is 0 Å². The zero-order valence-electron chi connectivity index (χ0n) is 19.7. The second kappa shape index (κ2) is 11.3. The van der Waals surface area contributed by atoms with E-state index in [2.05, 4.69) is 16.8 Å². The Kier molecular flexibility index (Phi) is 8.18. The number of carboxylic acid groups (broad SMARTS) is 1. The molecule has 3 heterocycles. The van der Waals surface area contributed by atoms with E-state index in [0.717, 1.165) is 50.3 Å². The van der Waals surface area contributed by atoms with Gasteiger partial charge in [-0.3, -0.25) is 9.59 Å². The first-order valence-electron chi connectivity index (χ1n) is 12.0. The summed E-state index contributed by atoms with van der Waals surface area (Å²) >= 11 is 1.55. The number of likely N-dealkylation sites (tertiary alicyclic amines) is 1. The molecule has 34 heavy (non-hydrogen) atoms. The van der Waals surface area contributed by atoms with Crippen LogP contribution in [-0.4, -0.2) is 83.3 Å². The predicted molar refractivity (Wildman–Crippen MR) is 130 cm³/mol. The second-order valence-corrected chi connectivity index (χ2v) is 9.91. The standard InChI is InChI=1S/C25H33N3O5S/c1-2-22-26-21(17-34-22)24(31)28-14-16-33-25(18-28)9-12-27(13-10-25)11-7-19-3-5-20(6-4-19)32-15-8-23(29)30/h3-6,17H,2,7-16,18H2,1H3,(H,29,30). The Labute approximate surface area is 204 Å². The summed E-state index contributed by atoms with van der Waals surface area (Å²) in [7, 11) is 0. The number of amides is 1. The molecule has 184 valence electrons. The number of hydrogen-bond acceptors (Lipinski definition) is 7. The number of aromatic nitrogens is 1. The van der Waals surface area contributed by atoms with Crippen molar-refractivity contribution in [1.82, 2.24) is 14.8 Å². The van der Waals surface area contributed by atoms with E-state index in [0.29, 0.717) is 31.1 Å². The lowest BCUT2D eigenvalue weighted by molar-refractivity contribution is -0.137. The van der Waals surface area contributed by atoms with Gasteiger partial charge in [-0.05, 0) is 43.4 Å². The van der Waals surface area contributed by atoms with Gasteiger partial charge in [0, 0.05) is 31.6 Å².